The molecule has 1 unspecified atom stereocenters. The molecule has 36 heavy (non-hydrogen) atoms. The molecular weight excluding hydrogens is 498 g/mol. The largest absolute Gasteiger partial charge is 0.496 e. The van der Waals surface area contributed by atoms with Crippen LogP contribution in [0.15, 0.2) is 36.4 Å². The molecule has 2 heterocycles. The zero-order chi connectivity index (χ0) is 26.1. The Morgan fingerprint density at radius 3 is 1.94 bits per heavy atom. The quantitative estimate of drug-likeness (QED) is 0.369. The summed E-state index contributed by atoms with van der Waals surface area (Å²) in [5.41, 5.74) is 2.88. The van der Waals surface area contributed by atoms with Crippen molar-refractivity contribution in [3.05, 3.63) is 53.1 Å². The van der Waals surface area contributed by atoms with E-state index in [0.717, 1.165) is 17.1 Å². The lowest BCUT2D eigenvalue weighted by Gasteiger charge is -2.41. The molecule has 1 spiro atoms. The van der Waals surface area contributed by atoms with Gasteiger partial charge in [-0.25, -0.2) is 0 Å². The Labute approximate surface area is 217 Å². The fourth-order valence-corrected chi connectivity index (χ4v) is 6.58. The van der Waals surface area contributed by atoms with Crippen molar-refractivity contribution >= 4 is 17.0 Å². The van der Waals surface area contributed by atoms with Gasteiger partial charge in [-0.2, -0.15) is 0 Å². The number of benzene rings is 2. The first-order chi connectivity index (χ1) is 16.9. The molecule has 2 aromatic rings. The van der Waals surface area contributed by atoms with Gasteiger partial charge in [0.05, 0.1) is 26.9 Å². The predicted octanol–water partition coefficient (Wildman–Crippen LogP) is 7.39. The maximum Gasteiger partial charge on any atom is 0.397 e. The van der Waals surface area contributed by atoms with E-state index in [4.69, 9.17) is 32.1 Å². The normalized spacial score (nSPS) is 25.0. The number of rotatable bonds is 5. The van der Waals surface area contributed by atoms with Crippen molar-refractivity contribution in [2.45, 2.75) is 64.9 Å². The third-order valence-corrected chi connectivity index (χ3v) is 8.41. The molecule has 0 aromatic heterocycles. The Morgan fingerprint density at radius 1 is 0.778 bits per heavy atom. The van der Waals surface area contributed by atoms with Crippen LogP contribution < -0.4 is 13.8 Å². The maximum absolute atomic E-state index is 6.17. The van der Waals surface area contributed by atoms with Crippen LogP contribution in [0, 0.1) is 6.92 Å². The van der Waals surface area contributed by atoms with Crippen LogP contribution in [0.5, 0.6) is 17.2 Å². The molecular formula is C27H38O7P2. The van der Waals surface area contributed by atoms with Crippen molar-refractivity contribution in [1.29, 1.82) is 0 Å². The van der Waals surface area contributed by atoms with Crippen molar-refractivity contribution < 1.29 is 32.1 Å². The second-order valence-electron chi connectivity index (χ2n) is 11.4. The Kier molecular flexibility index (Phi) is 8.22. The van der Waals surface area contributed by atoms with Gasteiger partial charge in [0, 0.05) is 5.56 Å². The van der Waals surface area contributed by atoms with Crippen LogP contribution >= 0.6 is 17.0 Å². The zero-order valence-electron chi connectivity index (χ0n) is 22.5. The molecule has 2 fully saturated rings. The molecule has 0 aliphatic carbocycles. The molecule has 2 aliphatic rings. The van der Waals surface area contributed by atoms with Crippen LogP contribution in [0.4, 0.5) is 0 Å². The molecule has 9 heteroatoms. The highest BCUT2D eigenvalue weighted by molar-refractivity contribution is 7.47. The van der Waals surface area contributed by atoms with Gasteiger partial charge in [0.1, 0.15) is 29.2 Å². The molecule has 0 saturated carbocycles. The predicted molar refractivity (Wildman–Crippen MR) is 143 cm³/mol. The molecule has 2 aliphatic heterocycles. The van der Waals surface area contributed by atoms with Crippen LogP contribution in [0.1, 0.15) is 58.2 Å². The average Bonchev–Trinajstić information content (AvgIpc) is 2.82. The molecule has 0 radical (unpaired) electrons. The Morgan fingerprint density at radius 2 is 1.36 bits per heavy atom. The van der Waals surface area contributed by atoms with Gasteiger partial charge in [-0.1, -0.05) is 47.6 Å². The first-order valence-corrected chi connectivity index (χ1v) is 14.6. The SMILES string of the molecule is COc1ccc(OP2OCC3(COP(Oc4ccc(C)c(C(C)(C)C)c4)CO3)CO2)cc1C(C)(C)C. The lowest BCUT2D eigenvalue weighted by molar-refractivity contribution is -0.141. The summed E-state index contributed by atoms with van der Waals surface area (Å²) in [5.74, 6) is 2.32. The monoisotopic (exact) mass is 536 g/mol. The van der Waals surface area contributed by atoms with Gasteiger partial charge in [-0.3, -0.25) is 9.05 Å². The second kappa shape index (κ2) is 10.7. The maximum atomic E-state index is 6.17. The fourth-order valence-electron chi connectivity index (χ4n) is 4.15. The van der Waals surface area contributed by atoms with E-state index in [1.54, 1.807) is 7.11 Å². The lowest BCUT2D eigenvalue weighted by Crippen LogP contribution is -2.50. The fraction of sp³-hybridized carbons (Fsp3) is 0.556. The van der Waals surface area contributed by atoms with E-state index in [9.17, 15) is 0 Å². The minimum Gasteiger partial charge on any atom is -0.496 e. The lowest BCUT2D eigenvalue weighted by atomic mass is 9.84. The van der Waals surface area contributed by atoms with Crippen LogP contribution in [0.25, 0.3) is 0 Å². The van der Waals surface area contributed by atoms with Crippen molar-refractivity contribution in [2.24, 2.45) is 0 Å². The second-order valence-corrected chi connectivity index (χ2v) is 13.9. The number of ether oxygens (including phenoxy) is 2. The van der Waals surface area contributed by atoms with Crippen LogP contribution in [0.2, 0.25) is 0 Å². The van der Waals surface area contributed by atoms with Crippen molar-refractivity contribution in [3.8, 4) is 17.2 Å². The topological polar surface area (TPSA) is 64.6 Å². The van der Waals surface area contributed by atoms with Gasteiger partial charge in [0.2, 0.25) is 0 Å². The highest BCUT2D eigenvalue weighted by atomic mass is 31.2. The summed E-state index contributed by atoms with van der Waals surface area (Å²) >= 11 is 0. The number of hydrogen-bond donors (Lipinski definition) is 0. The van der Waals surface area contributed by atoms with Gasteiger partial charge in [0.25, 0.3) is 8.38 Å². The van der Waals surface area contributed by atoms with Gasteiger partial charge in [0.15, 0.2) is 0 Å². The summed E-state index contributed by atoms with van der Waals surface area (Å²) in [6, 6.07) is 12.0. The van der Waals surface area contributed by atoms with Gasteiger partial charge < -0.3 is 23.0 Å². The summed E-state index contributed by atoms with van der Waals surface area (Å²) < 4.78 is 41.8. The molecule has 0 amide bonds. The highest BCUT2D eigenvalue weighted by Gasteiger charge is 2.45. The van der Waals surface area contributed by atoms with E-state index < -0.39 is 22.6 Å². The molecule has 0 N–H and O–H groups in total. The Bertz CT molecular complexity index is 1040. The molecule has 2 saturated heterocycles. The first-order valence-electron chi connectivity index (χ1n) is 12.1. The van der Waals surface area contributed by atoms with E-state index in [-0.39, 0.29) is 10.8 Å². The zero-order valence-corrected chi connectivity index (χ0v) is 24.3. The third kappa shape index (κ3) is 6.51. The van der Waals surface area contributed by atoms with E-state index in [0.29, 0.717) is 31.9 Å². The summed E-state index contributed by atoms with van der Waals surface area (Å²) in [6.45, 7) is 16.2. The number of aryl methyl sites for hydroxylation is 1. The summed E-state index contributed by atoms with van der Waals surface area (Å²) in [7, 11) is -1.06. The van der Waals surface area contributed by atoms with Crippen LogP contribution in [-0.2, 0) is 29.1 Å². The van der Waals surface area contributed by atoms with E-state index >= 15 is 0 Å². The van der Waals surface area contributed by atoms with Crippen molar-refractivity contribution in [2.75, 3.05) is 33.3 Å². The Balaban J connectivity index is 1.30. The molecule has 198 valence electrons. The summed E-state index contributed by atoms with van der Waals surface area (Å²) in [6.07, 6.45) is 0.354. The molecule has 1 atom stereocenters. The smallest absolute Gasteiger partial charge is 0.397 e. The van der Waals surface area contributed by atoms with Gasteiger partial charge in [-0.15, -0.1) is 0 Å². The molecule has 2 aromatic carbocycles. The van der Waals surface area contributed by atoms with E-state index in [1.165, 1.54) is 11.1 Å². The number of methoxy groups -OCH3 is 1. The standard InChI is InChI=1S/C27H38O7P2/c1-19-9-10-20(13-22(19)25(2,3)4)33-35-18-29-27(15-30-35)16-31-36(32-17-27)34-21-11-12-24(28-8)23(14-21)26(5,6)7/h9-14H,15-18H2,1-8H3. The Hall–Kier alpha value is -1.46. The molecule has 0 bridgehead atoms. The average molecular weight is 537 g/mol. The van der Waals surface area contributed by atoms with Crippen LogP contribution in [0.3, 0.4) is 0 Å². The molecule has 4 rings (SSSR count). The van der Waals surface area contributed by atoms with Gasteiger partial charge >= 0.3 is 8.60 Å². The molecule has 7 nitrogen and oxygen atoms in total. The third-order valence-electron chi connectivity index (χ3n) is 6.20. The van der Waals surface area contributed by atoms with E-state index in [1.807, 2.05) is 24.3 Å². The minimum absolute atomic E-state index is 0.0437. The van der Waals surface area contributed by atoms with Crippen molar-refractivity contribution in [3.63, 3.8) is 0 Å². The van der Waals surface area contributed by atoms with Crippen LogP contribution in [-0.4, -0.2) is 38.9 Å². The highest BCUT2D eigenvalue weighted by Crippen LogP contribution is 2.51. The van der Waals surface area contributed by atoms with Gasteiger partial charge in [-0.05, 0) is 59.2 Å². The van der Waals surface area contributed by atoms with Crippen molar-refractivity contribution in [1.82, 2.24) is 0 Å². The first kappa shape index (κ1) is 27.6. The summed E-state index contributed by atoms with van der Waals surface area (Å²) in [4.78, 5) is 0. The number of hydrogen-bond acceptors (Lipinski definition) is 7. The minimum atomic E-state index is -1.53. The van der Waals surface area contributed by atoms with E-state index in [2.05, 4.69) is 60.6 Å². The summed E-state index contributed by atoms with van der Waals surface area (Å²) in [5, 5.41) is 0.